The molecule has 0 saturated carbocycles. The minimum atomic E-state index is -5.05. The number of hydrogen-bond donors (Lipinski definition) is 7. The fourth-order valence-electron chi connectivity index (χ4n) is 0.139. The summed E-state index contributed by atoms with van der Waals surface area (Å²) in [6.07, 6.45) is 0. The molecule has 0 aromatic carbocycles. The second kappa shape index (κ2) is 9.57. The number of rotatable bonds is 2. The molecule has 0 saturated heterocycles. The molecule has 16 heteroatoms. The molecule has 0 aromatic rings. The van der Waals surface area contributed by atoms with E-state index in [2.05, 4.69) is 4.31 Å². The average Bonchev–Trinajstić information content (AvgIpc) is 1.42. The normalized spacial score (nSPS) is 11.4. The van der Waals surface area contributed by atoms with E-state index in [4.69, 9.17) is 38.8 Å². The summed E-state index contributed by atoms with van der Waals surface area (Å²) >= 11 is 0. The Bertz CT molecular complexity index is 273. The minimum Gasteiger partial charge on any atom is -1.00 e. The third-order valence-corrected chi connectivity index (χ3v) is 1.91. The summed E-state index contributed by atoms with van der Waals surface area (Å²) < 4.78 is 31.1. The quantitative estimate of drug-likeness (QED) is 0.215. The van der Waals surface area contributed by atoms with Crippen LogP contribution in [0.1, 0.15) is 2.85 Å². The van der Waals surface area contributed by atoms with Gasteiger partial charge in [0.2, 0.25) is 0 Å². The third-order valence-electron chi connectivity index (χ3n) is 0.213. The Morgan fingerprint density at radius 2 is 0.875 bits per heavy atom. The molecular weight excluding hydrogens is 349 g/mol. The molecule has 0 rings (SSSR count). The molecule has 11 nitrogen and oxygen atoms in total. The van der Waals surface area contributed by atoms with Crippen LogP contribution in [0.15, 0.2) is 0 Å². The smallest absolute Gasteiger partial charge is 1.00 e. The molecule has 0 aromatic heterocycles. The van der Waals surface area contributed by atoms with Crippen molar-refractivity contribution in [3.63, 3.8) is 0 Å². The maximum Gasteiger partial charge on any atom is 2.00 e. The van der Waals surface area contributed by atoms with E-state index in [1.807, 2.05) is 0 Å². The standard InChI is InChI=1S/Fe.Mg.H4O7P2.H3O4P.2H/c;;1-8(2,3)7-9(4,5)6;1-5(2,3)4;;/h;;(H2,1,2,3)(H2,4,5,6);(H3,1,2,3,4);;/q;+2;;;2*-1. The van der Waals surface area contributed by atoms with Gasteiger partial charge >= 0.3 is 46.5 Å². The van der Waals surface area contributed by atoms with E-state index in [1.165, 1.54) is 0 Å². The van der Waals surface area contributed by atoms with Gasteiger partial charge in [0.25, 0.3) is 0 Å². The van der Waals surface area contributed by atoms with Gasteiger partial charge < -0.3 is 37.1 Å². The van der Waals surface area contributed by atoms with Crippen LogP contribution in [0.25, 0.3) is 0 Å². The largest absolute Gasteiger partial charge is 2.00 e. The first-order valence-corrected chi connectivity index (χ1v) is 6.94. The van der Waals surface area contributed by atoms with E-state index in [0.29, 0.717) is 0 Å². The molecule has 0 spiro atoms. The first-order chi connectivity index (χ1) is 5.71. The summed E-state index contributed by atoms with van der Waals surface area (Å²) in [4.78, 5) is 52.6. The molecule has 7 N–H and O–H groups in total. The Morgan fingerprint density at radius 3 is 0.875 bits per heavy atom. The maximum absolute atomic E-state index is 9.63. The number of phosphoric acid groups is 3. The molecule has 16 heavy (non-hydrogen) atoms. The Kier molecular flexibility index (Phi) is 15.7. The van der Waals surface area contributed by atoms with Crippen molar-refractivity contribution < 1.29 is 72.2 Å². The second-order valence-corrected chi connectivity index (χ2v) is 5.22. The first kappa shape index (κ1) is 26.3. The average molecular weight is 358 g/mol. The van der Waals surface area contributed by atoms with Gasteiger partial charge in [0.1, 0.15) is 0 Å². The Balaban J connectivity index is -0.0000000359. The van der Waals surface area contributed by atoms with Gasteiger partial charge in [-0.1, -0.05) is 0 Å². The molecule has 100 valence electrons. The van der Waals surface area contributed by atoms with Crippen molar-refractivity contribution in [3.05, 3.63) is 0 Å². The minimum absolute atomic E-state index is 0. The van der Waals surface area contributed by atoms with Crippen molar-refractivity contribution in [3.8, 4) is 0 Å². The van der Waals surface area contributed by atoms with E-state index in [1.54, 1.807) is 0 Å². The van der Waals surface area contributed by atoms with E-state index >= 15 is 0 Å². The Hall–Kier alpha value is 1.66. The van der Waals surface area contributed by atoms with Crippen LogP contribution < -0.4 is 0 Å². The van der Waals surface area contributed by atoms with Gasteiger partial charge in [-0.05, 0) is 0 Å². The summed E-state index contributed by atoms with van der Waals surface area (Å²) in [6.45, 7) is 0. The zero-order valence-corrected chi connectivity index (χ0v) is 12.4. The van der Waals surface area contributed by atoms with Gasteiger partial charge in [0.15, 0.2) is 0 Å². The molecule has 0 aliphatic heterocycles. The summed E-state index contributed by atoms with van der Waals surface area (Å²) in [5.41, 5.74) is 0. The van der Waals surface area contributed by atoms with Crippen molar-refractivity contribution in [1.29, 1.82) is 0 Å². The van der Waals surface area contributed by atoms with Crippen molar-refractivity contribution in [2.45, 2.75) is 0 Å². The summed E-state index contributed by atoms with van der Waals surface area (Å²) in [5, 5.41) is 0. The summed E-state index contributed by atoms with van der Waals surface area (Å²) in [6, 6.07) is 0. The molecular formula is H9FeMgO11P3. The van der Waals surface area contributed by atoms with Crippen LogP contribution in [0.5, 0.6) is 0 Å². The number of hydrogen-bond acceptors (Lipinski definition) is 4. The van der Waals surface area contributed by atoms with Crippen LogP contribution in [0.4, 0.5) is 0 Å². The van der Waals surface area contributed by atoms with Crippen LogP contribution in [0.3, 0.4) is 0 Å². The van der Waals surface area contributed by atoms with Crippen LogP contribution in [0, 0.1) is 0 Å². The molecule has 0 aliphatic carbocycles. The maximum atomic E-state index is 9.63. The van der Waals surface area contributed by atoms with Gasteiger partial charge in [0, 0.05) is 17.1 Å². The predicted octanol–water partition coefficient (Wildman–Crippen LogP) is -1.90. The van der Waals surface area contributed by atoms with Gasteiger partial charge in [-0.2, -0.15) is 4.31 Å². The zero-order chi connectivity index (χ0) is 12.2. The summed E-state index contributed by atoms with van der Waals surface area (Å²) in [5.74, 6) is 0. The fourth-order valence-corrected chi connectivity index (χ4v) is 1.25. The third kappa shape index (κ3) is 57.4. The van der Waals surface area contributed by atoms with Gasteiger partial charge in [0.05, 0.1) is 0 Å². The van der Waals surface area contributed by atoms with Gasteiger partial charge in [-0.15, -0.1) is 0 Å². The van der Waals surface area contributed by atoms with Gasteiger partial charge in [-0.25, -0.2) is 13.7 Å². The zero-order valence-electron chi connectivity index (χ0n) is 9.17. The van der Waals surface area contributed by atoms with Crippen molar-refractivity contribution in [1.82, 2.24) is 0 Å². The van der Waals surface area contributed by atoms with Crippen molar-refractivity contribution in [2.24, 2.45) is 0 Å². The second-order valence-electron chi connectivity index (χ2n) is 1.58. The fraction of sp³-hybridized carbons (Fsp3) is 0. The van der Waals surface area contributed by atoms with Gasteiger partial charge in [-0.3, -0.25) is 0 Å². The van der Waals surface area contributed by atoms with Crippen LogP contribution in [-0.2, 0) is 35.1 Å². The molecule has 0 unspecified atom stereocenters. The van der Waals surface area contributed by atoms with Crippen molar-refractivity contribution in [2.75, 3.05) is 0 Å². The van der Waals surface area contributed by atoms with E-state index in [0.717, 1.165) is 0 Å². The van der Waals surface area contributed by atoms with E-state index in [9.17, 15) is 9.13 Å². The monoisotopic (exact) mass is 358 g/mol. The topological polar surface area (TPSA) is 202 Å². The molecule has 0 amide bonds. The predicted molar refractivity (Wildman–Crippen MR) is 47.4 cm³/mol. The molecule has 0 radical (unpaired) electrons. The molecule has 0 fully saturated rings. The van der Waals surface area contributed by atoms with Crippen LogP contribution in [0.2, 0.25) is 0 Å². The Labute approximate surface area is 119 Å². The molecule has 0 aliphatic rings. The van der Waals surface area contributed by atoms with Crippen LogP contribution >= 0.6 is 23.5 Å². The summed E-state index contributed by atoms with van der Waals surface area (Å²) in [7, 11) is -14.7. The van der Waals surface area contributed by atoms with E-state index in [-0.39, 0.29) is 43.0 Å². The van der Waals surface area contributed by atoms with E-state index < -0.39 is 23.5 Å². The Morgan fingerprint density at radius 1 is 0.750 bits per heavy atom. The SMILES string of the molecule is O=P(O)(O)O.O=P(O)(O)OP(=O)(O)O.[Fe].[H-].[H-].[Mg+2]. The van der Waals surface area contributed by atoms with Crippen LogP contribution in [-0.4, -0.2) is 57.3 Å². The first-order valence-electron chi connectivity index (χ1n) is 2.31. The van der Waals surface area contributed by atoms with Crippen molar-refractivity contribution >= 4 is 46.5 Å². The molecule has 0 atom stereocenters. The molecule has 0 bridgehead atoms. The molecule has 0 heterocycles.